The van der Waals surface area contributed by atoms with Crippen LogP contribution in [-0.2, 0) is 41.8 Å². The molecular formula is C26H27NO7S. The third kappa shape index (κ3) is 7.94. The molecule has 35 heavy (non-hydrogen) atoms. The van der Waals surface area contributed by atoms with Gasteiger partial charge in [0.1, 0.15) is 19.3 Å². The topological polar surface area (TPSA) is 108 Å². The quantitative estimate of drug-likeness (QED) is 0.331. The molecule has 0 unspecified atom stereocenters. The Bertz CT molecular complexity index is 1210. The van der Waals surface area contributed by atoms with E-state index in [-0.39, 0.29) is 18.1 Å². The number of ether oxygens (including phenoxy) is 2. The van der Waals surface area contributed by atoms with Crippen LogP contribution in [0, 0.1) is 6.92 Å². The van der Waals surface area contributed by atoms with Crippen LogP contribution in [0.3, 0.4) is 0 Å². The average Bonchev–Trinajstić information content (AvgIpc) is 2.85. The molecule has 0 aliphatic heterocycles. The van der Waals surface area contributed by atoms with Crippen LogP contribution < -0.4 is 5.32 Å². The van der Waals surface area contributed by atoms with Gasteiger partial charge in [-0.3, -0.25) is 4.18 Å². The van der Waals surface area contributed by atoms with Crippen molar-refractivity contribution in [2.45, 2.75) is 44.1 Å². The van der Waals surface area contributed by atoms with Crippen LogP contribution in [0.15, 0.2) is 89.8 Å². The largest absolute Gasteiger partial charge is 0.459 e. The molecule has 9 heteroatoms. The van der Waals surface area contributed by atoms with Gasteiger partial charge >= 0.3 is 12.1 Å². The molecule has 0 heterocycles. The van der Waals surface area contributed by atoms with Crippen LogP contribution in [0.1, 0.15) is 23.6 Å². The van der Waals surface area contributed by atoms with Crippen molar-refractivity contribution in [2.24, 2.45) is 0 Å². The van der Waals surface area contributed by atoms with Crippen LogP contribution in [0.25, 0.3) is 0 Å². The minimum absolute atomic E-state index is 0.0324. The molecule has 3 aromatic rings. The number of alkyl carbamates (subject to hydrolysis) is 1. The molecule has 1 amide bonds. The summed E-state index contributed by atoms with van der Waals surface area (Å²) in [6.45, 7) is 3.09. The zero-order chi connectivity index (χ0) is 25.3. The lowest BCUT2D eigenvalue weighted by Gasteiger charge is -2.23. The van der Waals surface area contributed by atoms with Crippen molar-refractivity contribution in [3.63, 3.8) is 0 Å². The zero-order valence-corrected chi connectivity index (χ0v) is 20.2. The normalized spacial score (nSPS) is 12.9. The van der Waals surface area contributed by atoms with E-state index < -0.39 is 34.3 Å². The van der Waals surface area contributed by atoms with Crippen molar-refractivity contribution in [1.29, 1.82) is 0 Å². The number of nitrogens with one attached hydrogen (secondary N) is 1. The lowest BCUT2D eigenvalue weighted by Crippen LogP contribution is -2.50. The standard InChI is InChI=1S/C26H27NO7S/c1-19-13-15-23(16-14-19)35(30,31)34-20(2)24(25(28)32-17-21-9-5-3-6-10-21)27-26(29)33-18-22-11-7-4-8-12-22/h3-16,20,24H,17-18H2,1-2H3,(H,27,29)/t20-,24+/m1/s1. The molecule has 0 fully saturated rings. The van der Waals surface area contributed by atoms with Gasteiger partial charge in [0, 0.05) is 0 Å². The summed E-state index contributed by atoms with van der Waals surface area (Å²) in [7, 11) is -4.21. The average molecular weight is 498 g/mol. The maximum Gasteiger partial charge on any atom is 0.408 e. The van der Waals surface area contributed by atoms with Crippen molar-refractivity contribution < 1.29 is 31.7 Å². The Morgan fingerprint density at radius 3 is 1.86 bits per heavy atom. The fourth-order valence-electron chi connectivity index (χ4n) is 3.09. The van der Waals surface area contributed by atoms with Crippen LogP contribution in [0.4, 0.5) is 4.79 Å². The van der Waals surface area contributed by atoms with Crippen LogP contribution >= 0.6 is 0 Å². The second kappa shape index (κ2) is 12.1. The minimum atomic E-state index is -4.21. The van der Waals surface area contributed by atoms with E-state index in [9.17, 15) is 18.0 Å². The number of rotatable bonds is 10. The van der Waals surface area contributed by atoms with Gasteiger partial charge in [0.2, 0.25) is 0 Å². The Kier molecular flexibility index (Phi) is 8.99. The van der Waals surface area contributed by atoms with Gasteiger partial charge in [0.25, 0.3) is 10.1 Å². The van der Waals surface area contributed by atoms with Gasteiger partial charge < -0.3 is 14.8 Å². The maximum absolute atomic E-state index is 12.9. The monoisotopic (exact) mass is 497 g/mol. The molecule has 3 aromatic carbocycles. The molecule has 8 nitrogen and oxygen atoms in total. The third-order valence-electron chi connectivity index (χ3n) is 5.02. The van der Waals surface area contributed by atoms with Gasteiger partial charge in [-0.1, -0.05) is 78.4 Å². The molecule has 0 aliphatic rings. The van der Waals surface area contributed by atoms with E-state index in [4.69, 9.17) is 13.7 Å². The van der Waals surface area contributed by atoms with Crippen molar-refractivity contribution in [3.8, 4) is 0 Å². The van der Waals surface area contributed by atoms with Gasteiger partial charge in [0.05, 0.1) is 4.90 Å². The molecule has 0 saturated heterocycles. The summed E-state index contributed by atoms with van der Waals surface area (Å²) in [5, 5.41) is 2.38. The van der Waals surface area contributed by atoms with Gasteiger partial charge in [-0.2, -0.15) is 8.42 Å². The molecule has 1 N–H and O–H groups in total. The molecule has 0 saturated carbocycles. The lowest BCUT2D eigenvalue weighted by atomic mass is 10.2. The van der Waals surface area contributed by atoms with Crippen molar-refractivity contribution in [1.82, 2.24) is 5.32 Å². The number of amides is 1. The van der Waals surface area contributed by atoms with Crippen molar-refractivity contribution >= 4 is 22.2 Å². The second-order valence-corrected chi connectivity index (χ2v) is 9.42. The van der Waals surface area contributed by atoms with Gasteiger partial charge in [-0.25, -0.2) is 9.59 Å². The van der Waals surface area contributed by atoms with Gasteiger partial charge in [0.15, 0.2) is 6.04 Å². The third-order valence-corrected chi connectivity index (χ3v) is 6.43. The molecular weight excluding hydrogens is 470 g/mol. The van der Waals surface area contributed by atoms with E-state index in [0.29, 0.717) is 0 Å². The van der Waals surface area contributed by atoms with E-state index in [0.717, 1.165) is 16.7 Å². The van der Waals surface area contributed by atoms with Gasteiger partial charge in [-0.05, 0) is 37.1 Å². The summed E-state index contributed by atoms with van der Waals surface area (Å²) >= 11 is 0. The minimum Gasteiger partial charge on any atom is -0.459 e. The van der Waals surface area contributed by atoms with E-state index in [2.05, 4.69) is 5.32 Å². The smallest absolute Gasteiger partial charge is 0.408 e. The number of hydrogen-bond donors (Lipinski definition) is 1. The molecule has 2 atom stereocenters. The van der Waals surface area contributed by atoms with Crippen LogP contribution in [0.5, 0.6) is 0 Å². The maximum atomic E-state index is 12.9. The van der Waals surface area contributed by atoms with E-state index in [1.807, 2.05) is 19.1 Å². The highest BCUT2D eigenvalue weighted by atomic mass is 32.2. The highest BCUT2D eigenvalue weighted by molar-refractivity contribution is 7.86. The summed E-state index contributed by atoms with van der Waals surface area (Å²) in [5.74, 6) is -0.864. The number of carbonyl (C=O) groups excluding carboxylic acids is 2. The van der Waals surface area contributed by atoms with E-state index in [1.165, 1.54) is 19.1 Å². The number of esters is 1. The first-order chi connectivity index (χ1) is 16.7. The summed E-state index contributed by atoms with van der Waals surface area (Å²) in [5.41, 5.74) is 2.35. The van der Waals surface area contributed by atoms with Crippen molar-refractivity contribution in [3.05, 3.63) is 102 Å². The highest BCUT2D eigenvalue weighted by Gasteiger charge is 2.33. The highest BCUT2D eigenvalue weighted by Crippen LogP contribution is 2.17. The molecule has 3 rings (SSSR count). The summed E-state index contributed by atoms with van der Waals surface area (Å²) in [6, 6.07) is 22.6. The van der Waals surface area contributed by atoms with Gasteiger partial charge in [-0.15, -0.1) is 0 Å². The molecule has 0 aromatic heterocycles. The fraction of sp³-hybridized carbons (Fsp3) is 0.231. The summed E-state index contributed by atoms with van der Waals surface area (Å²) in [6.07, 6.45) is -2.20. The molecule has 0 spiro atoms. The number of benzene rings is 3. The van der Waals surface area contributed by atoms with Crippen LogP contribution in [-0.4, -0.2) is 32.6 Å². The SMILES string of the molecule is Cc1ccc(S(=O)(=O)O[C@H](C)[C@H](NC(=O)OCc2ccccc2)C(=O)OCc2ccccc2)cc1. The number of hydrogen-bond acceptors (Lipinski definition) is 7. The Hall–Kier alpha value is -3.69. The van der Waals surface area contributed by atoms with E-state index in [1.54, 1.807) is 60.7 Å². The first-order valence-electron chi connectivity index (χ1n) is 10.9. The van der Waals surface area contributed by atoms with Crippen LogP contribution in [0.2, 0.25) is 0 Å². The zero-order valence-electron chi connectivity index (χ0n) is 19.4. The molecule has 0 radical (unpaired) electrons. The number of aryl methyl sites for hydroxylation is 1. The number of carbonyl (C=O) groups is 2. The first-order valence-corrected chi connectivity index (χ1v) is 12.3. The Morgan fingerprint density at radius 1 is 0.800 bits per heavy atom. The van der Waals surface area contributed by atoms with E-state index >= 15 is 0 Å². The molecule has 184 valence electrons. The van der Waals surface area contributed by atoms with Crippen molar-refractivity contribution in [2.75, 3.05) is 0 Å². The Balaban J connectivity index is 1.71. The predicted molar refractivity (Wildman–Crippen MR) is 129 cm³/mol. The fourth-order valence-corrected chi connectivity index (χ4v) is 4.19. The summed E-state index contributed by atoms with van der Waals surface area (Å²) < 4.78 is 41.3. The first kappa shape index (κ1) is 25.9. The molecule has 0 aliphatic carbocycles. The Labute approximate surface area is 205 Å². The second-order valence-electron chi connectivity index (χ2n) is 7.85. The Morgan fingerprint density at radius 2 is 1.31 bits per heavy atom. The summed E-state index contributed by atoms with van der Waals surface area (Å²) in [4.78, 5) is 25.2. The lowest BCUT2D eigenvalue weighted by molar-refractivity contribution is -0.149. The predicted octanol–water partition coefficient (Wildman–Crippen LogP) is 4.13. The molecule has 0 bridgehead atoms.